The zero-order chi connectivity index (χ0) is 10.1. The van der Waals surface area contributed by atoms with Gasteiger partial charge >= 0.3 is 0 Å². The van der Waals surface area contributed by atoms with E-state index >= 15 is 0 Å². The van der Waals surface area contributed by atoms with Crippen LogP contribution in [-0.4, -0.2) is 13.2 Å². The van der Waals surface area contributed by atoms with Gasteiger partial charge in [-0.25, -0.2) is 0 Å². The Balaban J connectivity index is 2.41. The van der Waals surface area contributed by atoms with Gasteiger partial charge < -0.3 is 10.5 Å². The molecular formula is C12H17NO. The summed E-state index contributed by atoms with van der Waals surface area (Å²) in [4.78, 5) is 0. The van der Waals surface area contributed by atoms with Crippen molar-refractivity contribution in [1.29, 1.82) is 0 Å². The lowest BCUT2D eigenvalue weighted by molar-refractivity contribution is 0.410. The first-order valence-electron chi connectivity index (χ1n) is 5.12. The first kappa shape index (κ1) is 9.53. The van der Waals surface area contributed by atoms with Gasteiger partial charge in [0, 0.05) is 6.04 Å². The Labute approximate surface area is 85.1 Å². The van der Waals surface area contributed by atoms with E-state index in [0.717, 1.165) is 25.0 Å². The van der Waals surface area contributed by atoms with Gasteiger partial charge in [-0.3, -0.25) is 0 Å². The Bertz CT molecular complexity index is 346. The second kappa shape index (κ2) is 3.62. The van der Waals surface area contributed by atoms with Gasteiger partial charge in [-0.2, -0.15) is 0 Å². The molecule has 2 N–H and O–H groups in total. The summed E-state index contributed by atoms with van der Waals surface area (Å²) in [7, 11) is 1.72. The highest BCUT2D eigenvalue weighted by molar-refractivity contribution is 5.43. The van der Waals surface area contributed by atoms with Crippen molar-refractivity contribution in [3.63, 3.8) is 0 Å². The SMILES string of the molecule is COc1cc2c(cc1C)CC[C@H](N)C2. The van der Waals surface area contributed by atoms with Gasteiger partial charge in [0.25, 0.3) is 0 Å². The predicted molar refractivity (Wildman–Crippen MR) is 57.7 cm³/mol. The Morgan fingerprint density at radius 3 is 2.86 bits per heavy atom. The van der Waals surface area contributed by atoms with Crippen LogP contribution in [0.3, 0.4) is 0 Å². The molecule has 0 amide bonds. The molecule has 1 atom stereocenters. The van der Waals surface area contributed by atoms with Crippen molar-refractivity contribution in [2.75, 3.05) is 7.11 Å². The lowest BCUT2D eigenvalue weighted by Gasteiger charge is -2.22. The number of hydrogen-bond acceptors (Lipinski definition) is 2. The maximum atomic E-state index is 5.94. The van der Waals surface area contributed by atoms with Crippen molar-refractivity contribution in [3.8, 4) is 5.75 Å². The van der Waals surface area contributed by atoms with Crippen molar-refractivity contribution < 1.29 is 4.74 Å². The number of benzene rings is 1. The minimum absolute atomic E-state index is 0.329. The van der Waals surface area contributed by atoms with Gasteiger partial charge in [0.1, 0.15) is 5.75 Å². The molecule has 1 aromatic rings. The van der Waals surface area contributed by atoms with Crippen LogP contribution >= 0.6 is 0 Å². The summed E-state index contributed by atoms with van der Waals surface area (Å²) in [6, 6.07) is 4.71. The molecule has 0 heterocycles. The average Bonchev–Trinajstić information content (AvgIpc) is 2.17. The molecule has 2 heteroatoms. The lowest BCUT2D eigenvalue weighted by atomic mass is 9.87. The molecule has 14 heavy (non-hydrogen) atoms. The Kier molecular flexibility index (Phi) is 2.46. The fraction of sp³-hybridized carbons (Fsp3) is 0.500. The lowest BCUT2D eigenvalue weighted by Crippen LogP contribution is -2.27. The molecule has 0 spiro atoms. The fourth-order valence-corrected chi connectivity index (χ4v) is 2.16. The van der Waals surface area contributed by atoms with Gasteiger partial charge in [-0.15, -0.1) is 0 Å². The topological polar surface area (TPSA) is 35.2 Å². The van der Waals surface area contributed by atoms with Crippen LogP contribution in [0.2, 0.25) is 0 Å². The van der Waals surface area contributed by atoms with Crippen LogP contribution in [0, 0.1) is 6.92 Å². The van der Waals surface area contributed by atoms with E-state index in [1.807, 2.05) is 0 Å². The summed E-state index contributed by atoms with van der Waals surface area (Å²) in [5.74, 6) is 0.984. The molecule has 0 unspecified atom stereocenters. The highest BCUT2D eigenvalue weighted by atomic mass is 16.5. The first-order chi connectivity index (χ1) is 6.70. The van der Waals surface area contributed by atoms with Crippen molar-refractivity contribution in [1.82, 2.24) is 0 Å². The maximum Gasteiger partial charge on any atom is 0.122 e. The summed E-state index contributed by atoms with van der Waals surface area (Å²) in [5, 5.41) is 0. The normalized spacial score (nSPS) is 20.4. The van der Waals surface area contributed by atoms with E-state index in [1.165, 1.54) is 16.7 Å². The van der Waals surface area contributed by atoms with Gasteiger partial charge in [-0.05, 0) is 48.9 Å². The van der Waals surface area contributed by atoms with Crippen LogP contribution in [-0.2, 0) is 12.8 Å². The summed E-state index contributed by atoms with van der Waals surface area (Å²) in [6.45, 7) is 2.09. The molecule has 0 bridgehead atoms. The third-order valence-electron chi connectivity index (χ3n) is 2.98. The highest BCUT2D eigenvalue weighted by Gasteiger charge is 2.16. The van der Waals surface area contributed by atoms with Crippen LogP contribution in [0.5, 0.6) is 5.75 Å². The van der Waals surface area contributed by atoms with Crippen LogP contribution < -0.4 is 10.5 Å². The van der Waals surface area contributed by atoms with E-state index in [4.69, 9.17) is 10.5 Å². The molecule has 0 aliphatic heterocycles. The Morgan fingerprint density at radius 1 is 1.36 bits per heavy atom. The third-order valence-corrected chi connectivity index (χ3v) is 2.98. The number of hydrogen-bond donors (Lipinski definition) is 1. The number of rotatable bonds is 1. The predicted octanol–water partition coefficient (Wildman–Crippen LogP) is 1.82. The van der Waals surface area contributed by atoms with Crippen molar-refractivity contribution in [2.45, 2.75) is 32.2 Å². The van der Waals surface area contributed by atoms with Crippen LogP contribution in [0.15, 0.2) is 12.1 Å². The number of fused-ring (bicyclic) bond motifs is 1. The number of methoxy groups -OCH3 is 1. The first-order valence-corrected chi connectivity index (χ1v) is 5.12. The molecule has 2 rings (SSSR count). The zero-order valence-electron chi connectivity index (χ0n) is 8.84. The molecule has 0 fully saturated rings. The molecule has 0 saturated carbocycles. The Morgan fingerprint density at radius 2 is 2.14 bits per heavy atom. The molecule has 1 aliphatic rings. The van der Waals surface area contributed by atoms with E-state index in [0.29, 0.717) is 6.04 Å². The fourth-order valence-electron chi connectivity index (χ4n) is 2.16. The smallest absolute Gasteiger partial charge is 0.122 e. The number of ether oxygens (including phenoxy) is 1. The van der Waals surface area contributed by atoms with Crippen molar-refractivity contribution >= 4 is 0 Å². The second-order valence-corrected chi connectivity index (χ2v) is 4.09. The number of nitrogens with two attached hydrogens (primary N) is 1. The summed E-state index contributed by atoms with van der Waals surface area (Å²) in [6.07, 6.45) is 3.21. The van der Waals surface area contributed by atoms with E-state index in [-0.39, 0.29) is 0 Å². The van der Waals surface area contributed by atoms with Crippen LogP contribution in [0.4, 0.5) is 0 Å². The monoisotopic (exact) mass is 191 g/mol. The minimum atomic E-state index is 0.329. The molecule has 2 nitrogen and oxygen atoms in total. The van der Waals surface area contributed by atoms with Crippen molar-refractivity contribution in [2.24, 2.45) is 5.73 Å². The second-order valence-electron chi connectivity index (χ2n) is 4.09. The largest absolute Gasteiger partial charge is 0.496 e. The maximum absolute atomic E-state index is 5.94. The molecule has 0 aromatic heterocycles. The minimum Gasteiger partial charge on any atom is -0.496 e. The van der Waals surface area contributed by atoms with E-state index in [2.05, 4.69) is 19.1 Å². The van der Waals surface area contributed by atoms with E-state index in [9.17, 15) is 0 Å². The average molecular weight is 191 g/mol. The molecule has 1 aliphatic carbocycles. The standard InChI is InChI=1S/C12H17NO/c1-8-5-9-3-4-11(13)6-10(9)7-12(8)14-2/h5,7,11H,3-4,6,13H2,1-2H3/t11-/m0/s1. The molecule has 0 saturated heterocycles. The van der Waals surface area contributed by atoms with Gasteiger partial charge in [0.15, 0.2) is 0 Å². The van der Waals surface area contributed by atoms with Gasteiger partial charge in [-0.1, -0.05) is 6.07 Å². The van der Waals surface area contributed by atoms with Crippen LogP contribution in [0.25, 0.3) is 0 Å². The van der Waals surface area contributed by atoms with Gasteiger partial charge in [0.2, 0.25) is 0 Å². The summed E-state index contributed by atoms with van der Waals surface area (Å²) < 4.78 is 5.31. The number of aryl methyl sites for hydroxylation is 2. The van der Waals surface area contributed by atoms with Crippen LogP contribution in [0.1, 0.15) is 23.1 Å². The quantitative estimate of drug-likeness (QED) is 0.735. The van der Waals surface area contributed by atoms with Gasteiger partial charge in [0.05, 0.1) is 7.11 Å². The molecule has 76 valence electrons. The van der Waals surface area contributed by atoms with Crippen molar-refractivity contribution in [3.05, 3.63) is 28.8 Å². The highest BCUT2D eigenvalue weighted by Crippen LogP contribution is 2.28. The summed E-state index contributed by atoms with van der Waals surface area (Å²) >= 11 is 0. The van der Waals surface area contributed by atoms with E-state index < -0.39 is 0 Å². The third kappa shape index (κ3) is 1.62. The molecule has 1 aromatic carbocycles. The molecular weight excluding hydrogens is 174 g/mol. The Hall–Kier alpha value is -1.02. The van der Waals surface area contributed by atoms with E-state index in [1.54, 1.807) is 7.11 Å². The molecule has 0 radical (unpaired) electrons. The zero-order valence-corrected chi connectivity index (χ0v) is 8.84. The summed E-state index contributed by atoms with van der Waals surface area (Å²) in [5.41, 5.74) is 9.98.